The molecule has 0 aromatic heterocycles. The number of hydrogen-bond acceptors (Lipinski definition) is 5. The van der Waals surface area contributed by atoms with Crippen LogP contribution in [0.5, 0.6) is 5.75 Å². The molecule has 6 nitrogen and oxygen atoms in total. The second-order valence-electron chi connectivity index (χ2n) is 7.36. The van der Waals surface area contributed by atoms with Crippen molar-refractivity contribution < 1.29 is 14.3 Å². The predicted molar refractivity (Wildman–Crippen MR) is 133 cm³/mol. The number of para-hydroxylation sites is 1. The highest BCUT2D eigenvalue weighted by atomic mass is 35.5. The molecular weight excluding hydrogens is 458 g/mol. The highest BCUT2D eigenvalue weighted by Gasteiger charge is 2.36. The zero-order valence-corrected chi connectivity index (χ0v) is 19.5. The highest BCUT2D eigenvalue weighted by molar-refractivity contribution is 8.15. The van der Waals surface area contributed by atoms with Gasteiger partial charge < -0.3 is 10.1 Å². The van der Waals surface area contributed by atoms with Crippen molar-refractivity contribution in [2.75, 3.05) is 12.4 Å². The third kappa shape index (κ3) is 5.94. The van der Waals surface area contributed by atoms with Crippen molar-refractivity contribution in [1.82, 2.24) is 4.90 Å². The number of amides is 2. The molecule has 1 aliphatic heterocycles. The van der Waals surface area contributed by atoms with Gasteiger partial charge in [0.2, 0.25) is 11.8 Å². The van der Waals surface area contributed by atoms with Gasteiger partial charge in [-0.05, 0) is 54.1 Å². The SMILES string of the molecule is COc1ccc(CN2C(=O)CC(C(=O)Nc3ccc(Cl)cc3)SC2=Nc2ccccc2)cc1. The maximum absolute atomic E-state index is 13.1. The first-order valence-electron chi connectivity index (χ1n) is 10.3. The van der Waals surface area contributed by atoms with Crippen LogP contribution in [0.3, 0.4) is 0 Å². The molecule has 1 N–H and O–H groups in total. The van der Waals surface area contributed by atoms with E-state index in [9.17, 15) is 9.59 Å². The van der Waals surface area contributed by atoms with Crippen molar-refractivity contribution in [2.45, 2.75) is 18.2 Å². The van der Waals surface area contributed by atoms with Crippen molar-refractivity contribution in [1.29, 1.82) is 0 Å². The lowest BCUT2D eigenvalue weighted by atomic mass is 10.2. The first-order valence-corrected chi connectivity index (χ1v) is 11.6. The van der Waals surface area contributed by atoms with Crippen LogP contribution in [0.15, 0.2) is 83.9 Å². The van der Waals surface area contributed by atoms with Crippen LogP contribution >= 0.6 is 23.4 Å². The fraction of sp³-hybridized carbons (Fsp3) is 0.160. The van der Waals surface area contributed by atoms with Gasteiger partial charge in [0.05, 0.1) is 19.3 Å². The van der Waals surface area contributed by atoms with Crippen LogP contribution in [0.2, 0.25) is 5.02 Å². The Hall–Kier alpha value is -3.29. The number of ether oxygens (including phenoxy) is 1. The van der Waals surface area contributed by atoms with Crippen molar-refractivity contribution in [3.8, 4) is 5.75 Å². The summed E-state index contributed by atoms with van der Waals surface area (Å²) in [4.78, 5) is 32.4. The van der Waals surface area contributed by atoms with Crippen LogP contribution in [-0.4, -0.2) is 34.2 Å². The molecule has 0 saturated carbocycles. The summed E-state index contributed by atoms with van der Waals surface area (Å²) in [5.74, 6) is 0.339. The Morgan fingerprint density at radius 2 is 1.79 bits per heavy atom. The molecule has 1 unspecified atom stereocenters. The largest absolute Gasteiger partial charge is 0.497 e. The third-order valence-corrected chi connectivity index (χ3v) is 6.46. The second kappa shape index (κ2) is 10.6. The van der Waals surface area contributed by atoms with Gasteiger partial charge in [0.25, 0.3) is 0 Å². The number of amidine groups is 1. The lowest BCUT2D eigenvalue weighted by Gasteiger charge is -2.32. The number of methoxy groups -OCH3 is 1. The third-order valence-electron chi connectivity index (χ3n) is 5.02. The molecule has 1 fully saturated rings. The Balaban J connectivity index is 1.57. The van der Waals surface area contributed by atoms with Crippen LogP contribution in [0, 0.1) is 0 Å². The van der Waals surface area contributed by atoms with Gasteiger partial charge in [-0.15, -0.1) is 0 Å². The maximum atomic E-state index is 13.1. The minimum Gasteiger partial charge on any atom is -0.497 e. The van der Waals surface area contributed by atoms with E-state index in [1.54, 1.807) is 36.3 Å². The van der Waals surface area contributed by atoms with Gasteiger partial charge in [0, 0.05) is 17.1 Å². The van der Waals surface area contributed by atoms with E-state index in [2.05, 4.69) is 5.32 Å². The molecule has 2 amide bonds. The fourth-order valence-electron chi connectivity index (χ4n) is 3.28. The van der Waals surface area contributed by atoms with Crippen molar-refractivity contribution in [3.63, 3.8) is 0 Å². The molecule has 0 radical (unpaired) electrons. The number of nitrogens with zero attached hydrogens (tertiary/aromatic N) is 2. The number of anilines is 1. The maximum Gasteiger partial charge on any atom is 0.238 e. The van der Waals surface area contributed by atoms with Crippen molar-refractivity contribution in [2.24, 2.45) is 4.99 Å². The van der Waals surface area contributed by atoms with Gasteiger partial charge in [-0.25, -0.2) is 4.99 Å². The zero-order valence-electron chi connectivity index (χ0n) is 17.9. The molecule has 1 aliphatic rings. The number of hydrogen-bond donors (Lipinski definition) is 1. The van der Waals surface area contributed by atoms with E-state index >= 15 is 0 Å². The van der Waals surface area contributed by atoms with E-state index < -0.39 is 5.25 Å². The summed E-state index contributed by atoms with van der Waals surface area (Å²) >= 11 is 7.21. The molecule has 0 bridgehead atoms. The molecule has 0 aliphatic carbocycles. The van der Waals surface area contributed by atoms with E-state index in [1.165, 1.54) is 11.8 Å². The average Bonchev–Trinajstić information content (AvgIpc) is 2.83. The smallest absolute Gasteiger partial charge is 0.238 e. The molecule has 1 atom stereocenters. The van der Waals surface area contributed by atoms with Crippen molar-refractivity contribution >= 4 is 51.7 Å². The molecule has 3 aromatic rings. The van der Waals surface area contributed by atoms with Gasteiger partial charge in [-0.2, -0.15) is 0 Å². The summed E-state index contributed by atoms with van der Waals surface area (Å²) in [6.07, 6.45) is 0.0774. The number of thioether (sulfide) groups is 1. The number of nitrogens with one attached hydrogen (secondary N) is 1. The Morgan fingerprint density at radius 3 is 2.45 bits per heavy atom. The summed E-state index contributed by atoms with van der Waals surface area (Å²) in [5.41, 5.74) is 2.28. The number of rotatable bonds is 6. The van der Waals surface area contributed by atoms with E-state index in [1.807, 2.05) is 54.6 Å². The summed E-state index contributed by atoms with van der Waals surface area (Å²) in [6, 6.07) is 23.8. The van der Waals surface area contributed by atoms with Crippen LogP contribution in [-0.2, 0) is 16.1 Å². The van der Waals surface area contributed by atoms with Crippen LogP contribution < -0.4 is 10.1 Å². The van der Waals surface area contributed by atoms with Gasteiger partial charge >= 0.3 is 0 Å². The second-order valence-corrected chi connectivity index (χ2v) is 8.97. The number of aliphatic imine (C=N–C) groups is 1. The molecule has 0 spiro atoms. The Labute approximate surface area is 201 Å². The molecule has 1 heterocycles. The first-order chi connectivity index (χ1) is 16.0. The van der Waals surface area contributed by atoms with Crippen LogP contribution in [0.4, 0.5) is 11.4 Å². The van der Waals surface area contributed by atoms with Crippen LogP contribution in [0.1, 0.15) is 12.0 Å². The van der Waals surface area contributed by atoms with E-state index in [0.717, 1.165) is 11.3 Å². The van der Waals surface area contributed by atoms with Gasteiger partial charge in [-0.3, -0.25) is 14.5 Å². The number of carbonyl (C=O) groups is 2. The Bertz CT molecular complexity index is 1150. The standard InChI is InChI=1S/C25H22ClN3O3S/c1-32-21-13-7-17(8-14-21)16-29-23(30)15-22(24(31)27-20-11-9-18(26)10-12-20)33-25(29)28-19-5-3-2-4-6-19/h2-14,22H,15-16H2,1H3,(H,27,31). The molecule has 1 saturated heterocycles. The molecule has 8 heteroatoms. The summed E-state index contributed by atoms with van der Waals surface area (Å²) < 4.78 is 5.22. The lowest BCUT2D eigenvalue weighted by molar-refractivity contribution is -0.129. The predicted octanol–water partition coefficient (Wildman–Crippen LogP) is 5.51. The zero-order chi connectivity index (χ0) is 23.2. The molecule has 33 heavy (non-hydrogen) atoms. The Kier molecular flexibility index (Phi) is 7.32. The van der Waals surface area contributed by atoms with Gasteiger partial charge in [0.1, 0.15) is 11.0 Å². The quantitative estimate of drug-likeness (QED) is 0.506. The number of halogens is 1. The summed E-state index contributed by atoms with van der Waals surface area (Å²) in [6.45, 7) is 0.354. The first kappa shape index (κ1) is 22.9. The van der Waals surface area contributed by atoms with E-state index in [4.69, 9.17) is 21.3 Å². The molecule has 4 rings (SSSR count). The monoisotopic (exact) mass is 479 g/mol. The number of carbonyl (C=O) groups excluding carboxylic acids is 2. The minimum absolute atomic E-state index is 0.0774. The molecule has 3 aromatic carbocycles. The molecular formula is C25H22ClN3O3S. The fourth-order valence-corrected chi connectivity index (χ4v) is 4.50. The molecule has 168 valence electrons. The average molecular weight is 480 g/mol. The summed E-state index contributed by atoms with van der Waals surface area (Å²) in [7, 11) is 1.61. The highest BCUT2D eigenvalue weighted by Crippen LogP contribution is 2.31. The van der Waals surface area contributed by atoms with Crippen LogP contribution in [0.25, 0.3) is 0 Å². The van der Waals surface area contributed by atoms with E-state index in [-0.39, 0.29) is 18.2 Å². The number of benzene rings is 3. The van der Waals surface area contributed by atoms with E-state index in [0.29, 0.717) is 28.1 Å². The van der Waals surface area contributed by atoms with Gasteiger partial charge in [0.15, 0.2) is 5.17 Å². The Morgan fingerprint density at radius 1 is 1.09 bits per heavy atom. The topological polar surface area (TPSA) is 71.0 Å². The van der Waals surface area contributed by atoms with Crippen molar-refractivity contribution in [3.05, 3.63) is 89.4 Å². The normalized spacial score (nSPS) is 17.2. The van der Waals surface area contributed by atoms with Gasteiger partial charge in [-0.1, -0.05) is 53.7 Å². The summed E-state index contributed by atoms with van der Waals surface area (Å²) in [5, 5.41) is 3.34. The lowest BCUT2D eigenvalue weighted by Crippen LogP contribution is -2.44. The minimum atomic E-state index is -0.595.